The fourth-order valence-corrected chi connectivity index (χ4v) is 2.32. The summed E-state index contributed by atoms with van der Waals surface area (Å²) < 4.78 is 7.38. The molecule has 0 fully saturated rings. The molecule has 0 atom stereocenters. The van der Waals surface area contributed by atoms with Gasteiger partial charge in [0.25, 0.3) is 5.69 Å². The summed E-state index contributed by atoms with van der Waals surface area (Å²) in [5, 5.41) is 10.8. The molecule has 0 heterocycles. The summed E-state index contributed by atoms with van der Waals surface area (Å²) in [7, 11) is 0. The molecule has 0 saturated heterocycles. The molecule has 4 nitrogen and oxygen atoms in total. The van der Waals surface area contributed by atoms with E-state index in [1.807, 2.05) is 24.3 Å². The molecule has 0 aliphatic rings. The van der Waals surface area contributed by atoms with Crippen molar-refractivity contribution in [1.29, 1.82) is 0 Å². The van der Waals surface area contributed by atoms with Gasteiger partial charge in [0, 0.05) is 15.2 Å². The molecule has 6 heteroatoms. The molecule has 98 valence electrons. The number of hydrogen-bond donors (Lipinski definition) is 0. The number of halogens is 2. The van der Waals surface area contributed by atoms with E-state index in [2.05, 4.69) is 38.5 Å². The summed E-state index contributed by atoms with van der Waals surface area (Å²) in [6, 6.07) is 10.7. The van der Waals surface area contributed by atoms with Crippen LogP contribution in [0.25, 0.3) is 0 Å². The largest absolute Gasteiger partial charge is 0.456 e. The molecule has 0 bridgehead atoms. The lowest BCUT2D eigenvalue weighted by atomic mass is 10.2. The second-order valence-corrected chi connectivity index (χ2v) is 5.98. The van der Waals surface area contributed by atoms with Gasteiger partial charge in [-0.25, -0.2) is 0 Å². The summed E-state index contributed by atoms with van der Waals surface area (Å²) in [5.74, 6) is 1.25. The molecule has 0 N–H and O–H groups in total. The molecular formula is C13H9BrINO3. The molecule has 2 rings (SSSR count). The molecule has 2 aromatic carbocycles. The Morgan fingerprint density at radius 2 is 1.89 bits per heavy atom. The number of rotatable bonds is 3. The van der Waals surface area contributed by atoms with Crippen molar-refractivity contribution in [3.05, 3.63) is 60.1 Å². The molecular weight excluding hydrogens is 425 g/mol. The SMILES string of the molecule is Cc1cc(Oc2ccc(I)cc2)c(Br)cc1[N+](=O)[O-]. The van der Waals surface area contributed by atoms with Crippen LogP contribution < -0.4 is 4.74 Å². The third-order valence-electron chi connectivity index (χ3n) is 2.49. The van der Waals surface area contributed by atoms with Crippen molar-refractivity contribution in [2.24, 2.45) is 0 Å². The van der Waals surface area contributed by atoms with E-state index in [1.165, 1.54) is 6.07 Å². The zero-order valence-electron chi connectivity index (χ0n) is 9.89. The average molecular weight is 434 g/mol. The third-order valence-corrected chi connectivity index (χ3v) is 3.83. The highest BCUT2D eigenvalue weighted by Gasteiger charge is 2.15. The van der Waals surface area contributed by atoms with Crippen LogP contribution in [0.3, 0.4) is 0 Å². The van der Waals surface area contributed by atoms with E-state index in [0.717, 1.165) is 3.57 Å². The standard InChI is InChI=1S/C13H9BrINO3/c1-8-6-13(11(14)7-12(8)16(17)18)19-10-4-2-9(15)3-5-10/h2-7H,1H3. The van der Waals surface area contributed by atoms with Crippen LogP contribution in [0.4, 0.5) is 5.69 Å². The van der Waals surface area contributed by atoms with E-state index >= 15 is 0 Å². The maximum absolute atomic E-state index is 10.8. The Kier molecular flexibility index (Phi) is 4.41. The lowest BCUT2D eigenvalue weighted by Crippen LogP contribution is -1.94. The molecule has 0 radical (unpaired) electrons. The van der Waals surface area contributed by atoms with Gasteiger partial charge in [-0.3, -0.25) is 10.1 Å². The van der Waals surface area contributed by atoms with Crippen LogP contribution in [0.5, 0.6) is 11.5 Å². The number of benzene rings is 2. The highest BCUT2D eigenvalue weighted by Crippen LogP contribution is 2.35. The summed E-state index contributed by atoms with van der Waals surface area (Å²) >= 11 is 5.50. The smallest absolute Gasteiger partial charge is 0.273 e. The first-order valence-corrected chi connectivity index (χ1v) is 7.22. The van der Waals surface area contributed by atoms with Crippen LogP contribution in [-0.4, -0.2) is 4.92 Å². The zero-order valence-corrected chi connectivity index (χ0v) is 13.6. The fourth-order valence-electron chi connectivity index (χ4n) is 1.55. The van der Waals surface area contributed by atoms with Crippen LogP contribution in [0.15, 0.2) is 40.9 Å². The van der Waals surface area contributed by atoms with E-state index in [9.17, 15) is 10.1 Å². The highest BCUT2D eigenvalue weighted by atomic mass is 127. The molecule has 0 unspecified atom stereocenters. The van der Waals surface area contributed by atoms with E-state index in [-0.39, 0.29) is 5.69 Å². The Labute approximate surface area is 132 Å². The second-order valence-electron chi connectivity index (χ2n) is 3.88. The predicted octanol–water partition coefficient (Wildman–Crippen LogP) is 5.06. The van der Waals surface area contributed by atoms with Gasteiger partial charge in [0.05, 0.1) is 9.40 Å². The predicted molar refractivity (Wildman–Crippen MR) is 84.8 cm³/mol. The molecule has 0 saturated carbocycles. The number of nitro groups is 1. The van der Waals surface area contributed by atoms with Crippen molar-refractivity contribution in [2.75, 3.05) is 0 Å². The number of hydrogen-bond acceptors (Lipinski definition) is 3. The van der Waals surface area contributed by atoms with Crippen LogP contribution >= 0.6 is 38.5 Å². The third kappa shape index (κ3) is 3.44. The van der Waals surface area contributed by atoms with Crippen molar-refractivity contribution in [3.8, 4) is 11.5 Å². The second kappa shape index (κ2) is 5.87. The molecule has 0 amide bonds. The minimum atomic E-state index is -0.408. The molecule has 0 spiro atoms. The topological polar surface area (TPSA) is 52.4 Å². The Morgan fingerprint density at radius 3 is 2.47 bits per heavy atom. The molecule has 0 aliphatic carbocycles. The first-order chi connectivity index (χ1) is 8.97. The number of ether oxygens (including phenoxy) is 1. The van der Waals surface area contributed by atoms with Crippen LogP contribution in [0.1, 0.15) is 5.56 Å². The van der Waals surface area contributed by atoms with Crippen LogP contribution in [-0.2, 0) is 0 Å². The minimum absolute atomic E-state index is 0.0711. The Morgan fingerprint density at radius 1 is 1.26 bits per heavy atom. The van der Waals surface area contributed by atoms with E-state index in [1.54, 1.807) is 13.0 Å². The van der Waals surface area contributed by atoms with Gasteiger partial charge in [0.1, 0.15) is 11.5 Å². The van der Waals surface area contributed by atoms with Gasteiger partial charge in [0.15, 0.2) is 0 Å². The summed E-state index contributed by atoms with van der Waals surface area (Å²) in [5.41, 5.74) is 0.635. The fraction of sp³-hybridized carbons (Fsp3) is 0.0769. The summed E-state index contributed by atoms with van der Waals surface area (Å²) in [6.07, 6.45) is 0. The number of nitro benzene ring substituents is 1. The highest BCUT2D eigenvalue weighted by molar-refractivity contribution is 14.1. The van der Waals surface area contributed by atoms with Gasteiger partial charge in [-0.05, 0) is 75.8 Å². The molecule has 2 aromatic rings. The van der Waals surface area contributed by atoms with Crippen molar-refractivity contribution in [1.82, 2.24) is 0 Å². The zero-order chi connectivity index (χ0) is 14.0. The minimum Gasteiger partial charge on any atom is -0.456 e. The monoisotopic (exact) mass is 433 g/mol. The average Bonchev–Trinajstić information content (AvgIpc) is 2.35. The van der Waals surface area contributed by atoms with Crippen molar-refractivity contribution >= 4 is 44.2 Å². The first-order valence-electron chi connectivity index (χ1n) is 5.35. The lowest BCUT2D eigenvalue weighted by Gasteiger charge is -2.09. The maximum atomic E-state index is 10.8. The lowest BCUT2D eigenvalue weighted by molar-refractivity contribution is -0.385. The maximum Gasteiger partial charge on any atom is 0.273 e. The van der Waals surface area contributed by atoms with Crippen LogP contribution in [0, 0.1) is 20.6 Å². The Bertz CT molecular complexity index is 629. The van der Waals surface area contributed by atoms with Crippen molar-refractivity contribution in [3.63, 3.8) is 0 Å². The van der Waals surface area contributed by atoms with E-state index in [4.69, 9.17) is 4.74 Å². The van der Waals surface area contributed by atoms with Gasteiger partial charge >= 0.3 is 0 Å². The van der Waals surface area contributed by atoms with Gasteiger partial charge in [0.2, 0.25) is 0 Å². The Hall–Kier alpha value is -1.15. The molecule has 0 aliphatic heterocycles. The van der Waals surface area contributed by atoms with E-state index in [0.29, 0.717) is 21.5 Å². The first kappa shape index (κ1) is 14.3. The van der Waals surface area contributed by atoms with Crippen LogP contribution in [0.2, 0.25) is 0 Å². The molecule has 19 heavy (non-hydrogen) atoms. The Balaban J connectivity index is 2.33. The number of aryl methyl sites for hydroxylation is 1. The van der Waals surface area contributed by atoms with Gasteiger partial charge in [-0.15, -0.1) is 0 Å². The summed E-state index contributed by atoms with van der Waals surface area (Å²) in [6.45, 7) is 1.69. The summed E-state index contributed by atoms with van der Waals surface area (Å²) in [4.78, 5) is 10.4. The van der Waals surface area contributed by atoms with Gasteiger partial charge in [-0.1, -0.05) is 0 Å². The quantitative estimate of drug-likeness (QED) is 0.386. The molecule has 0 aromatic heterocycles. The van der Waals surface area contributed by atoms with Crippen molar-refractivity contribution in [2.45, 2.75) is 6.92 Å². The van der Waals surface area contributed by atoms with Gasteiger partial charge < -0.3 is 4.74 Å². The van der Waals surface area contributed by atoms with Crippen molar-refractivity contribution < 1.29 is 9.66 Å². The normalized spacial score (nSPS) is 10.3. The van der Waals surface area contributed by atoms with E-state index < -0.39 is 4.92 Å². The number of nitrogens with zero attached hydrogens (tertiary/aromatic N) is 1. The van der Waals surface area contributed by atoms with Gasteiger partial charge in [-0.2, -0.15) is 0 Å².